The first kappa shape index (κ1) is 13.5. The van der Waals surface area contributed by atoms with Gasteiger partial charge in [-0.15, -0.1) is 11.3 Å². The van der Waals surface area contributed by atoms with Crippen molar-refractivity contribution in [2.75, 3.05) is 4.72 Å². The van der Waals surface area contributed by atoms with Gasteiger partial charge in [-0.05, 0) is 52.0 Å². The minimum Gasteiger partial charge on any atom is -0.276 e. The van der Waals surface area contributed by atoms with Gasteiger partial charge in [0, 0.05) is 4.47 Å². The van der Waals surface area contributed by atoms with Crippen molar-refractivity contribution < 1.29 is 12.8 Å². The smallest absolute Gasteiger partial charge is 0.272 e. The fourth-order valence-corrected chi connectivity index (χ4v) is 4.77. The summed E-state index contributed by atoms with van der Waals surface area (Å²) in [6.45, 7) is 1.73. The van der Waals surface area contributed by atoms with E-state index in [1.807, 2.05) is 0 Å². The first-order valence-corrected chi connectivity index (χ1v) is 8.08. The van der Waals surface area contributed by atoms with E-state index in [2.05, 4.69) is 20.7 Å². The molecule has 0 aliphatic heterocycles. The van der Waals surface area contributed by atoms with Crippen LogP contribution < -0.4 is 4.72 Å². The van der Waals surface area contributed by atoms with Crippen molar-refractivity contribution in [1.29, 1.82) is 0 Å². The standard InChI is InChI=1S/C11H9BrFNO2S2/c1-7-2-3-10(9(13)6-7)14-18(15,16)11-8(12)4-5-17-11/h2-6,14H,1H3. The van der Waals surface area contributed by atoms with E-state index in [1.165, 1.54) is 12.1 Å². The lowest BCUT2D eigenvalue weighted by atomic mass is 10.2. The zero-order chi connectivity index (χ0) is 13.3. The second-order valence-electron chi connectivity index (χ2n) is 3.64. The molecule has 96 valence electrons. The molecule has 1 aromatic carbocycles. The topological polar surface area (TPSA) is 46.2 Å². The highest BCUT2D eigenvalue weighted by molar-refractivity contribution is 9.10. The Morgan fingerprint density at radius 2 is 2.06 bits per heavy atom. The van der Waals surface area contributed by atoms with E-state index in [1.54, 1.807) is 24.4 Å². The van der Waals surface area contributed by atoms with Crippen molar-refractivity contribution in [3.63, 3.8) is 0 Å². The van der Waals surface area contributed by atoms with E-state index in [4.69, 9.17) is 0 Å². The lowest BCUT2D eigenvalue weighted by Gasteiger charge is -2.08. The maximum Gasteiger partial charge on any atom is 0.272 e. The Morgan fingerprint density at radius 3 is 2.61 bits per heavy atom. The fourth-order valence-electron chi connectivity index (χ4n) is 1.37. The first-order chi connectivity index (χ1) is 8.40. The summed E-state index contributed by atoms with van der Waals surface area (Å²) in [6, 6.07) is 5.96. The molecule has 0 saturated carbocycles. The maximum absolute atomic E-state index is 13.6. The molecule has 2 aromatic rings. The molecular formula is C11H9BrFNO2S2. The molecule has 0 aliphatic rings. The van der Waals surface area contributed by atoms with Gasteiger partial charge in [0.05, 0.1) is 5.69 Å². The van der Waals surface area contributed by atoms with Crippen LogP contribution in [-0.4, -0.2) is 8.42 Å². The number of aryl methyl sites for hydroxylation is 1. The van der Waals surface area contributed by atoms with Crippen LogP contribution in [0.5, 0.6) is 0 Å². The van der Waals surface area contributed by atoms with Gasteiger partial charge in [0.15, 0.2) is 4.21 Å². The average molecular weight is 350 g/mol. The van der Waals surface area contributed by atoms with Gasteiger partial charge >= 0.3 is 0 Å². The van der Waals surface area contributed by atoms with Gasteiger partial charge in [-0.25, -0.2) is 12.8 Å². The third-order valence-electron chi connectivity index (χ3n) is 2.20. The summed E-state index contributed by atoms with van der Waals surface area (Å²) in [5, 5.41) is 1.64. The molecule has 0 unspecified atom stereocenters. The summed E-state index contributed by atoms with van der Waals surface area (Å²) in [4.78, 5) is 0. The summed E-state index contributed by atoms with van der Waals surface area (Å²) in [7, 11) is -3.75. The normalized spacial score (nSPS) is 11.5. The van der Waals surface area contributed by atoms with Crippen LogP contribution >= 0.6 is 27.3 Å². The minimum atomic E-state index is -3.75. The van der Waals surface area contributed by atoms with Crippen LogP contribution in [0.25, 0.3) is 0 Å². The van der Waals surface area contributed by atoms with Crippen LogP contribution in [-0.2, 0) is 10.0 Å². The van der Waals surface area contributed by atoms with E-state index in [-0.39, 0.29) is 9.90 Å². The summed E-state index contributed by atoms with van der Waals surface area (Å²) < 4.78 is 40.5. The molecule has 1 aromatic heterocycles. The van der Waals surface area contributed by atoms with Gasteiger partial charge in [0.1, 0.15) is 5.82 Å². The molecule has 0 bridgehead atoms. The summed E-state index contributed by atoms with van der Waals surface area (Å²) in [6.07, 6.45) is 0. The third kappa shape index (κ3) is 2.73. The number of halogens is 2. The molecule has 0 atom stereocenters. The maximum atomic E-state index is 13.6. The Hall–Kier alpha value is -0.920. The van der Waals surface area contributed by atoms with Crippen LogP contribution in [0.15, 0.2) is 38.3 Å². The van der Waals surface area contributed by atoms with Crippen molar-refractivity contribution >= 4 is 43.0 Å². The Balaban J connectivity index is 2.37. The second kappa shape index (κ2) is 4.99. The number of benzene rings is 1. The molecular weight excluding hydrogens is 341 g/mol. The predicted octanol–water partition coefficient (Wildman–Crippen LogP) is 3.76. The lowest BCUT2D eigenvalue weighted by Crippen LogP contribution is -2.13. The zero-order valence-corrected chi connectivity index (χ0v) is 12.5. The molecule has 0 spiro atoms. The molecule has 18 heavy (non-hydrogen) atoms. The average Bonchev–Trinajstić information content (AvgIpc) is 2.69. The third-order valence-corrected chi connectivity index (χ3v) is 6.23. The van der Waals surface area contributed by atoms with Crippen molar-refractivity contribution in [2.45, 2.75) is 11.1 Å². The first-order valence-electron chi connectivity index (χ1n) is 4.92. The number of hydrogen-bond acceptors (Lipinski definition) is 3. The van der Waals surface area contributed by atoms with Crippen LogP contribution in [0.1, 0.15) is 5.56 Å². The quantitative estimate of drug-likeness (QED) is 0.916. The number of thiophene rings is 1. The van der Waals surface area contributed by atoms with Gasteiger partial charge in [-0.3, -0.25) is 4.72 Å². The largest absolute Gasteiger partial charge is 0.276 e. The van der Waals surface area contributed by atoms with E-state index in [9.17, 15) is 12.8 Å². The molecule has 0 radical (unpaired) electrons. The molecule has 1 heterocycles. The van der Waals surface area contributed by atoms with E-state index >= 15 is 0 Å². The van der Waals surface area contributed by atoms with Gasteiger partial charge in [0.25, 0.3) is 10.0 Å². The fraction of sp³-hybridized carbons (Fsp3) is 0.0909. The zero-order valence-electron chi connectivity index (χ0n) is 9.28. The van der Waals surface area contributed by atoms with Crippen molar-refractivity contribution in [1.82, 2.24) is 0 Å². The molecule has 3 nitrogen and oxygen atoms in total. The van der Waals surface area contributed by atoms with Crippen LogP contribution in [0.3, 0.4) is 0 Å². The minimum absolute atomic E-state index is 0.0547. The van der Waals surface area contributed by atoms with Gasteiger partial charge in [-0.2, -0.15) is 0 Å². The summed E-state index contributed by atoms with van der Waals surface area (Å²) in [5.74, 6) is -0.591. The highest BCUT2D eigenvalue weighted by Gasteiger charge is 2.20. The summed E-state index contributed by atoms with van der Waals surface area (Å²) >= 11 is 4.21. The van der Waals surface area contributed by atoms with Crippen LogP contribution in [0, 0.1) is 12.7 Å². The predicted molar refractivity (Wildman–Crippen MR) is 74.0 cm³/mol. The Bertz CT molecular complexity index is 682. The van der Waals surface area contributed by atoms with Crippen molar-refractivity contribution in [3.05, 3.63) is 45.5 Å². The van der Waals surface area contributed by atoms with E-state index in [0.717, 1.165) is 16.9 Å². The van der Waals surface area contributed by atoms with Crippen LogP contribution in [0.4, 0.5) is 10.1 Å². The van der Waals surface area contributed by atoms with Crippen molar-refractivity contribution in [2.24, 2.45) is 0 Å². The monoisotopic (exact) mass is 349 g/mol. The Kier molecular flexibility index (Phi) is 3.74. The molecule has 0 aliphatic carbocycles. The van der Waals surface area contributed by atoms with E-state index in [0.29, 0.717) is 4.47 Å². The second-order valence-corrected chi connectivity index (χ2v) is 7.29. The van der Waals surface area contributed by atoms with Gasteiger partial charge < -0.3 is 0 Å². The molecule has 2 rings (SSSR count). The highest BCUT2D eigenvalue weighted by Crippen LogP contribution is 2.29. The van der Waals surface area contributed by atoms with Gasteiger partial charge in [0.2, 0.25) is 0 Å². The number of anilines is 1. The molecule has 7 heteroatoms. The van der Waals surface area contributed by atoms with Crippen molar-refractivity contribution in [3.8, 4) is 0 Å². The molecule has 0 amide bonds. The number of sulfonamides is 1. The molecule has 0 saturated heterocycles. The van der Waals surface area contributed by atoms with Gasteiger partial charge in [-0.1, -0.05) is 6.07 Å². The number of rotatable bonds is 3. The summed E-state index contributed by atoms with van der Waals surface area (Å²) in [5.41, 5.74) is 0.675. The van der Waals surface area contributed by atoms with E-state index < -0.39 is 15.8 Å². The SMILES string of the molecule is Cc1ccc(NS(=O)(=O)c2sccc2Br)c(F)c1. The number of nitrogens with one attached hydrogen (secondary N) is 1. The molecule has 1 N–H and O–H groups in total. The van der Waals surface area contributed by atoms with Crippen LogP contribution in [0.2, 0.25) is 0 Å². The highest BCUT2D eigenvalue weighted by atomic mass is 79.9. The Morgan fingerprint density at radius 1 is 1.33 bits per heavy atom. The molecule has 0 fully saturated rings. The Labute approximate surface area is 117 Å². The lowest BCUT2D eigenvalue weighted by molar-refractivity contribution is 0.600. The number of hydrogen-bond donors (Lipinski definition) is 1.